The monoisotopic (exact) mass is 352 g/mol. The number of rotatable bonds is 16. The Balaban J connectivity index is 3.22. The molecule has 0 aromatic rings. The molecule has 0 saturated heterocycles. The molecule has 0 rings (SSSR count). The molecule has 23 heavy (non-hydrogen) atoms. The summed E-state index contributed by atoms with van der Waals surface area (Å²) in [5.74, 6) is 0. The van der Waals surface area contributed by atoms with Gasteiger partial charge in [0.2, 0.25) is 0 Å². The number of carboxylic acid groups (broad SMARTS) is 1. The zero-order valence-electron chi connectivity index (χ0n) is 14.4. The number of hydrogen-bond acceptors (Lipinski definition) is 4. The molecule has 0 fully saturated rings. The lowest BCUT2D eigenvalue weighted by Gasteiger charge is -2.09. The number of unbranched alkanes of at least 4 members (excludes halogenated alkanes) is 12. The molecular weight excluding hydrogens is 319 g/mol. The minimum Gasteiger partial charge on any atom is -0.449 e. The van der Waals surface area contributed by atoms with E-state index in [1.807, 2.05) is 0 Å². The van der Waals surface area contributed by atoms with Gasteiger partial charge in [0.05, 0.1) is 6.61 Å². The highest BCUT2D eigenvalue weighted by molar-refractivity contribution is 7.48. The molecule has 138 valence electrons. The molecule has 1 unspecified atom stereocenters. The summed E-state index contributed by atoms with van der Waals surface area (Å²) in [5, 5.41) is 8.23. The molecule has 0 aliphatic heterocycles. The highest BCUT2D eigenvalue weighted by Gasteiger charge is 2.25. The van der Waals surface area contributed by atoms with Gasteiger partial charge >= 0.3 is 14.0 Å². The van der Waals surface area contributed by atoms with Crippen molar-refractivity contribution in [3.8, 4) is 0 Å². The van der Waals surface area contributed by atoms with Crippen LogP contribution < -0.4 is 0 Å². The second-order valence-electron chi connectivity index (χ2n) is 5.90. The summed E-state index contributed by atoms with van der Waals surface area (Å²) in [6.45, 7) is 2.28. The SMILES string of the molecule is CCCCCCCCCCCCCCCOP(=O)(O)OC(=O)O. The van der Waals surface area contributed by atoms with Crippen molar-refractivity contribution in [1.29, 1.82) is 0 Å². The van der Waals surface area contributed by atoms with E-state index in [2.05, 4.69) is 16.0 Å². The zero-order chi connectivity index (χ0) is 17.4. The average molecular weight is 352 g/mol. The van der Waals surface area contributed by atoms with E-state index in [0.717, 1.165) is 19.3 Å². The van der Waals surface area contributed by atoms with Gasteiger partial charge in [-0.05, 0) is 6.42 Å². The van der Waals surface area contributed by atoms with Crippen LogP contribution in [0, 0.1) is 0 Å². The Morgan fingerprint density at radius 3 is 1.61 bits per heavy atom. The van der Waals surface area contributed by atoms with Gasteiger partial charge < -0.3 is 9.63 Å². The van der Waals surface area contributed by atoms with E-state index in [0.29, 0.717) is 6.42 Å². The van der Waals surface area contributed by atoms with E-state index >= 15 is 0 Å². The van der Waals surface area contributed by atoms with Gasteiger partial charge in [0.25, 0.3) is 0 Å². The molecule has 0 aliphatic rings. The van der Waals surface area contributed by atoms with Crippen molar-refractivity contribution in [3.05, 3.63) is 0 Å². The molecule has 0 saturated carbocycles. The van der Waals surface area contributed by atoms with Crippen LogP contribution >= 0.6 is 7.82 Å². The third-order valence-electron chi connectivity index (χ3n) is 3.70. The van der Waals surface area contributed by atoms with Gasteiger partial charge in [0, 0.05) is 0 Å². The van der Waals surface area contributed by atoms with Gasteiger partial charge in [-0.15, -0.1) is 0 Å². The van der Waals surface area contributed by atoms with E-state index in [1.165, 1.54) is 57.8 Å². The van der Waals surface area contributed by atoms with Crippen LogP contribution in [-0.2, 0) is 13.6 Å². The largest absolute Gasteiger partial charge is 0.531 e. The van der Waals surface area contributed by atoms with Crippen molar-refractivity contribution < 1.29 is 28.4 Å². The van der Waals surface area contributed by atoms with E-state index in [-0.39, 0.29) is 6.61 Å². The summed E-state index contributed by atoms with van der Waals surface area (Å²) < 4.78 is 19.4. The highest BCUT2D eigenvalue weighted by Crippen LogP contribution is 2.43. The second kappa shape index (κ2) is 15.0. The van der Waals surface area contributed by atoms with Gasteiger partial charge in [0.15, 0.2) is 0 Å². The summed E-state index contributed by atoms with van der Waals surface area (Å²) in [4.78, 5) is 19.1. The molecule has 0 spiro atoms. The number of phosphoric ester groups is 1. The second-order valence-corrected chi connectivity index (χ2v) is 7.28. The van der Waals surface area contributed by atoms with Gasteiger partial charge in [-0.1, -0.05) is 84.0 Å². The average Bonchev–Trinajstić information content (AvgIpc) is 2.46. The lowest BCUT2D eigenvalue weighted by molar-refractivity contribution is 0.112. The van der Waals surface area contributed by atoms with E-state index in [4.69, 9.17) is 10.00 Å². The lowest BCUT2D eigenvalue weighted by Crippen LogP contribution is -2.02. The molecule has 0 amide bonds. The molecule has 2 N–H and O–H groups in total. The molecule has 0 aromatic heterocycles. The molecule has 0 heterocycles. The minimum absolute atomic E-state index is 0.0405. The first kappa shape index (κ1) is 22.4. The topological polar surface area (TPSA) is 93.1 Å². The summed E-state index contributed by atoms with van der Waals surface area (Å²) in [6.07, 6.45) is 13.9. The summed E-state index contributed by atoms with van der Waals surface area (Å²) in [5.41, 5.74) is 0. The van der Waals surface area contributed by atoms with Gasteiger partial charge in [-0.3, -0.25) is 9.42 Å². The number of carbonyl (C=O) groups is 1. The summed E-state index contributed by atoms with van der Waals surface area (Å²) >= 11 is 0. The van der Waals surface area contributed by atoms with Gasteiger partial charge in [-0.2, -0.15) is 0 Å². The van der Waals surface area contributed by atoms with Crippen LogP contribution in [0.4, 0.5) is 4.79 Å². The Morgan fingerprint density at radius 2 is 1.22 bits per heavy atom. The number of phosphoric acid groups is 1. The molecule has 1 atom stereocenters. The standard InChI is InChI=1S/C16H33O6P/c1-2-3-4-5-6-7-8-9-10-11-12-13-14-15-21-23(19,20)22-16(17)18/h2-15H2,1H3,(H,17,18)(H,19,20). The van der Waals surface area contributed by atoms with Crippen molar-refractivity contribution >= 4 is 14.0 Å². The third-order valence-corrected chi connectivity index (χ3v) is 4.59. The van der Waals surface area contributed by atoms with Crippen LogP contribution in [0.15, 0.2) is 0 Å². The molecule has 0 aliphatic carbocycles. The number of hydrogen-bond donors (Lipinski definition) is 2. The minimum atomic E-state index is -4.43. The predicted octanol–water partition coefficient (Wildman–Crippen LogP) is 5.89. The first-order valence-electron chi connectivity index (χ1n) is 8.88. The normalized spacial score (nSPS) is 13.7. The van der Waals surface area contributed by atoms with Crippen LogP contribution in [-0.4, -0.2) is 22.8 Å². The fourth-order valence-corrected chi connectivity index (χ4v) is 3.03. The van der Waals surface area contributed by atoms with Gasteiger partial charge in [-0.25, -0.2) is 9.36 Å². The van der Waals surface area contributed by atoms with Crippen molar-refractivity contribution in [1.82, 2.24) is 0 Å². The van der Waals surface area contributed by atoms with Crippen molar-refractivity contribution in [3.63, 3.8) is 0 Å². The Hall–Kier alpha value is -0.580. The quantitative estimate of drug-likeness (QED) is 0.266. The van der Waals surface area contributed by atoms with E-state index in [9.17, 15) is 9.36 Å². The predicted molar refractivity (Wildman–Crippen MR) is 90.6 cm³/mol. The highest BCUT2D eigenvalue weighted by atomic mass is 31.2. The Kier molecular flexibility index (Phi) is 14.6. The third kappa shape index (κ3) is 17.6. The zero-order valence-corrected chi connectivity index (χ0v) is 15.3. The first-order valence-corrected chi connectivity index (χ1v) is 10.4. The van der Waals surface area contributed by atoms with E-state index in [1.54, 1.807) is 0 Å². The van der Waals surface area contributed by atoms with Crippen LogP contribution in [0.3, 0.4) is 0 Å². The maximum absolute atomic E-state index is 11.1. The smallest absolute Gasteiger partial charge is 0.449 e. The van der Waals surface area contributed by atoms with Crippen LogP contribution in [0.25, 0.3) is 0 Å². The van der Waals surface area contributed by atoms with Crippen molar-refractivity contribution in [2.75, 3.05) is 6.61 Å². The van der Waals surface area contributed by atoms with Crippen LogP contribution in [0.2, 0.25) is 0 Å². The van der Waals surface area contributed by atoms with E-state index < -0.39 is 14.0 Å². The first-order chi connectivity index (χ1) is 11.0. The fourth-order valence-electron chi connectivity index (χ4n) is 2.42. The molecule has 7 heteroatoms. The van der Waals surface area contributed by atoms with Crippen molar-refractivity contribution in [2.24, 2.45) is 0 Å². The Labute approximate surface area is 140 Å². The van der Waals surface area contributed by atoms with Crippen LogP contribution in [0.1, 0.15) is 90.4 Å². The Morgan fingerprint density at radius 1 is 0.826 bits per heavy atom. The summed E-state index contributed by atoms with van der Waals surface area (Å²) in [7, 11) is -4.43. The fraction of sp³-hybridized carbons (Fsp3) is 0.938. The molecular formula is C16H33O6P. The maximum Gasteiger partial charge on any atom is 0.531 e. The Bertz CT molecular complexity index is 335. The lowest BCUT2D eigenvalue weighted by atomic mass is 10.0. The summed E-state index contributed by atoms with van der Waals surface area (Å²) in [6, 6.07) is 0. The molecule has 0 aromatic carbocycles. The van der Waals surface area contributed by atoms with Gasteiger partial charge in [0.1, 0.15) is 0 Å². The molecule has 0 bridgehead atoms. The molecule has 6 nitrogen and oxygen atoms in total. The maximum atomic E-state index is 11.1. The van der Waals surface area contributed by atoms with Crippen molar-refractivity contribution in [2.45, 2.75) is 90.4 Å². The molecule has 0 radical (unpaired) electrons. The van der Waals surface area contributed by atoms with Crippen LogP contribution in [0.5, 0.6) is 0 Å².